The van der Waals surface area contributed by atoms with Crippen molar-refractivity contribution >= 4 is 15.5 Å². The zero-order valence-corrected chi connectivity index (χ0v) is 14.2. The van der Waals surface area contributed by atoms with Crippen LogP contribution in [-0.4, -0.2) is 29.7 Å². The van der Waals surface area contributed by atoms with Crippen LogP contribution in [0.25, 0.3) is 5.69 Å². The third kappa shape index (κ3) is 3.62. The van der Waals surface area contributed by atoms with Crippen LogP contribution in [0.5, 0.6) is 0 Å². The lowest BCUT2D eigenvalue weighted by Crippen LogP contribution is -2.07. The molecule has 1 heterocycles. The van der Waals surface area contributed by atoms with Gasteiger partial charge >= 0.3 is 0 Å². The molecule has 7 heteroatoms. The molecule has 1 atom stereocenters. The highest BCUT2D eigenvalue weighted by atomic mass is 32.2. The number of anilines is 1. The van der Waals surface area contributed by atoms with Gasteiger partial charge in [0.05, 0.1) is 23.0 Å². The standard InChI is InChI=1S/C17H18N4O2S/c1-13(19-15-5-9-17(10-6-15)24(2,22)23)14-3-7-16(8-4-14)21-12-11-18-20-21/h3-13,19H,1-2H3. The molecular formula is C17H18N4O2S. The van der Waals surface area contributed by atoms with Crippen molar-refractivity contribution in [2.24, 2.45) is 0 Å². The van der Waals surface area contributed by atoms with Crippen LogP contribution in [0.1, 0.15) is 18.5 Å². The van der Waals surface area contributed by atoms with Crippen LogP contribution in [0.4, 0.5) is 5.69 Å². The van der Waals surface area contributed by atoms with Gasteiger partial charge in [0.1, 0.15) is 0 Å². The normalized spacial score (nSPS) is 12.8. The molecule has 24 heavy (non-hydrogen) atoms. The molecule has 0 bridgehead atoms. The fraction of sp³-hybridized carbons (Fsp3) is 0.176. The number of sulfone groups is 1. The van der Waals surface area contributed by atoms with Crippen molar-refractivity contribution in [3.8, 4) is 5.69 Å². The van der Waals surface area contributed by atoms with Crippen LogP contribution >= 0.6 is 0 Å². The van der Waals surface area contributed by atoms with E-state index in [9.17, 15) is 8.42 Å². The van der Waals surface area contributed by atoms with E-state index in [1.54, 1.807) is 41.3 Å². The van der Waals surface area contributed by atoms with Crippen molar-refractivity contribution in [2.75, 3.05) is 11.6 Å². The summed E-state index contributed by atoms with van der Waals surface area (Å²) in [6.07, 6.45) is 4.63. The number of benzene rings is 2. The van der Waals surface area contributed by atoms with E-state index < -0.39 is 9.84 Å². The Hall–Kier alpha value is -2.67. The molecule has 1 aromatic heterocycles. The molecule has 0 aliphatic rings. The largest absolute Gasteiger partial charge is 0.379 e. The average molecular weight is 342 g/mol. The number of hydrogen-bond donors (Lipinski definition) is 1. The Morgan fingerprint density at radius 2 is 1.71 bits per heavy atom. The minimum Gasteiger partial charge on any atom is -0.379 e. The molecule has 0 aliphatic heterocycles. The number of nitrogens with zero attached hydrogens (tertiary/aromatic N) is 3. The van der Waals surface area contributed by atoms with Crippen LogP contribution < -0.4 is 5.32 Å². The summed E-state index contributed by atoms with van der Waals surface area (Å²) in [5.41, 5.74) is 2.93. The molecule has 0 saturated heterocycles. The van der Waals surface area contributed by atoms with Gasteiger partial charge in [0, 0.05) is 18.0 Å². The summed E-state index contributed by atoms with van der Waals surface area (Å²) < 4.78 is 24.7. The Morgan fingerprint density at radius 3 is 2.25 bits per heavy atom. The predicted molar refractivity (Wildman–Crippen MR) is 92.9 cm³/mol. The SMILES string of the molecule is CC(Nc1ccc(S(C)(=O)=O)cc1)c1ccc(-n2ccnn2)cc1. The first-order valence-corrected chi connectivity index (χ1v) is 9.36. The first kappa shape index (κ1) is 16.2. The third-order valence-electron chi connectivity index (χ3n) is 3.75. The van der Waals surface area contributed by atoms with Gasteiger partial charge in [-0.1, -0.05) is 17.3 Å². The number of rotatable bonds is 5. The monoisotopic (exact) mass is 342 g/mol. The van der Waals surface area contributed by atoms with Gasteiger partial charge in [-0.15, -0.1) is 5.10 Å². The van der Waals surface area contributed by atoms with Crippen molar-refractivity contribution in [1.82, 2.24) is 15.0 Å². The van der Waals surface area contributed by atoms with E-state index in [0.717, 1.165) is 16.9 Å². The van der Waals surface area contributed by atoms with Crippen molar-refractivity contribution in [3.05, 3.63) is 66.5 Å². The quantitative estimate of drug-likeness (QED) is 0.771. The van der Waals surface area contributed by atoms with E-state index in [2.05, 4.69) is 22.6 Å². The fourth-order valence-corrected chi connectivity index (χ4v) is 3.02. The van der Waals surface area contributed by atoms with E-state index >= 15 is 0 Å². The summed E-state index contributed by atoms with van der Waals surface area (Å²) >= 11 is 0. The molecule has 0 spiro atoms. The molecule has 1 unspecified atom stereocenters. The summed E-state index contributed by atoms with van der Waals surface area (Å²) in [5, 5.41) is 11.1. The van der Waals surface area contributed by atoms with Gasteiger partial charge in [-0.25, -0.2) is 13.1 Å². The molecule has 0 saturated carbocycles. The van der Waals surface area contributed by atoms with Gasteiger partial charge in [0.15, 0.2) is 9.84 Å². The van der Waals surface area contributed by atoms with Crippen molar-refractivity contribution < 1.29 is 8.42 Å². The predicted octanol–water partition coefficient (Wildman–Crippen LogP) is 2.84. The van der Waals surface area contributed by atoms with Gasteiger partial charge in [0.2, 0.25) is 0 Å². The zero-order chi connectivity index (χ0) is 17.2. The minimum atomic E-state index is -3.17. The van der Waals surface area contributed by atoms with Crippen molar-refractivity contribution in [3.63, 3.8) is 0 Å². The van der Waals surface area contributed by atoms with E-state index in [-0.39, 0.29) is 6.04 Å². The number of hydrogen-bond acceptors (Lipinski definition) is 5. The van der Waals surface area contributed by atoms with Gasteiger partial charge in [0.25, 0.3) is 0 Å². The van der Waals surface area contributed by atoms with Gasteiger partial charge in [-0.3, -0.25) is 0 Å². The van der Waals surface area contributed by atoms with Crippen LogP contribution in [0.15, 0.2) is 65.8 Å². The molecule has 0 aliphatic carbocycles. The second kappa shape index (κ2) is 6.45. The Labute approximate surface area is 141 Å². The maximum Gasteiger partial charge on any atom is 0.175 e. The molecule has 1 N–H and O–H groups in total. The Balaban J connectivity index is 1.71. The van der Waals surface area contributed by atoms with Crippen LogP contribution in [0.3, 0.4) is 0 Å². The third-order valence-corrected chi connectivity index (χ3v) is 4.87. The topological polar surface area (TPSA) is 76.9 Å². The first-order valence-electron chi connectivity index (χ1n) is 7.47. The summed E-state index contributed by atoms with van der Waals surface area (Å²) in [6, 6.07) is 14.9. The maximum absolute atomic E-state index is 11.5. The van der Waals surface area contributed by atoms with E-state index in [4.69, 9.17) is 0 Å². The van der Waals surface area contributed by atoms with Crippen LogP contribution in [0.2, 0.25) is 0 Å². The average Bonchev–Trinajstić information content (AvgIpc) is 3.09. The first-order chi connectivity index (χ1) is 11.4. The lowest BCUT2D eigenvalue weighted by molar-refractivity contribution is 0.602. The maximum atomic E-state index is 11.5. The second-order valence-electron chi connectivity index (χ2n) is 5.60. The summed E-state index contributed by atoms with van der Waals surface area (Å²) in [6.45, 7) is 2.05. The molecule has 6 nitrogen and oxygen atoms in total. The molecule has 124 valence electrons. The Kier molecular flexibility index (Phi) is 4.35. The van der Waals surface area contributed by atoms with Gasteiger partial charge < -0.3 is 5.32 Å². The summed E-state index contributed by atoms with van der Waals surface area (Å²) in [5.74, 6) is 0. The number of nitrogens with one attached hydrogen (secondary N) is 1. The second-order valence-corrected chi connectivity index (χ2v) is 7.62. The smallest absolute Gasteiger partial charge is 0.175 e. The summed E-state index contributed by atoms with van der Waals surface area (Å²) in [7, 11) is -3.17. The molecule has 3 aromatic rings. The molecular weight excluding hydrogens is 324 g/mol. The highest BCUT2D eigenvalue weighted by molar-refractivity contribution is 7.90. The lowest BCUT2D eigenvalue weighted by Gasteiger charge is -2.16. The summed E-state index contributed by atoms with van der Waals surface area (Å²) in [4.78, 5) is 0.317. The van der Waals surface area contributed by atoms with Gasteiger partial charge in [-0.2, -0.15) is 0 Å². The van der Waals surface area contributed by atoms with E-state index in [1.165, 1.54) is 6.26 Å². The molecule has 3 rings (SSSR count). The Morgan fingerprint density at radius 1 is 1.04 bits per heavy atom. The molecule has 0 radical (unpaired) electrons. The zero-order valence-electron chi connectivity index (χ0n) is 13.4. The van der Waals surface area contributed by atoms with Crippen LogP contribution in [-0.2, 0) is 9.84 Å². The lowest BCUT2D eigenvalue weighted by atomic mass is 10.1. The van der Waals surface area contributed by atoms with E-state index in [1.807, 2.05) is 24.3 Å². The highest BCUT2D eigenvalue weighted by Crippen LogP contribution is 2.21. The van der Waals surface area contributed by atoms with Crippen molar-refractivity contribution in [2.45, 2.75) is 17.9 Å². The van der Waals surface area contributed by atoms with Gasteiger partial charge in [-0.05, 0) is 48.9 Å². The molecule has 0 fully saturated rings. The molecule has 2 aromatic carbocycles. The van der Waals surface area contributed by atoms with E-state index in [0.29, 0.717) is 4.90 Å². The highest BCUT2D eigenvalue weighted by Gasteiger charge is 2.09. The number of aromatic nitrogens is 3. The fourth-order valence-electron chi connectivity index (χ4n) is 2.39. The van der Waals surface area contributed by atoms with Crippen LogP contribution in [0, 0.1) is 0 Å². The molecule has 0 amide bonds. The van der Waals surface area contributed by atoms with Crippen molar-refractivity contribution in [1.29, 1.82) is 0 Å². The minimum absolute atomic E-state index is 0.0823. The Bertz CT molecular complexity index is 902.